The van der Waals surface area contributed by atoms with Gasteiger partial charge in [0.2, 0.25) is 0 Å². The van der Waals surface area contributed by atoms with Crippen molar-refractivity contribution in [1.82, 2.24) is 5.32 Å². The van der Waals surface area contributed by atoms with Gasteiger partial charge in [0.05, 0.1) is 6.10 Å². The van der Waals surface area contributed by atoms with Crippen molar-refractivity contribution in [3.8, 4) is 5.75 Å². The fraction of sp³-hybridized carbons (Fsp3) is 0.684. The van der Waals surface area contributed by atoms with E-state index in [1.165, 1.54) is 44.1 Å². The highest BCUT2D eigenvalue weighted by molar-refractivity contribution is 5.33. The van der Waals surface area contributed by atoms with Crippen LogP contribution in [0.15, 0.2) is 24.3 Å². The summed E-state index contributed by atoms with van der Waals surface area (Å²) in [6.45, 7) is 7.42. The highest BCUT2D eigenvalue weighted by atomic mass is 16.5. The third-order valence-corrected chi connectivity index (χ3v) is 4.56. The van der Waals surface area contributed by atoms with E-state index in [9.17, 15) is 0 Å². The summed E-state index contributed by atoms with van der Waals surface area (Å²) in [7, 11) is 0. The number of para-hydroxylation sites is 1. The van der Waals surface area contributed by atoms with E-state index in [0.29, 0.717) is 6.04 Å². The number of rotatable bonds is 6. The van der Waals surface area contributed by atoms with E-state index in [1.54, 1.807) is 0 Å². The first-order valence-electron chi connectivity index (χ1n) is 8.64. The smallest absolute Gasteiger partial charge is 0.124 e. The molecule has 0 saturated heterocycles. The second-order valence-electron chi connectivity index (χ2n) is 6.70. The van der Waals surface area contributed by atoms with Crippen LogP contribution >= 0.6 is 0 Å². The summed E-state index contributed by atoms with van der Waals surface area (Å²) in [4.78, 5) is 0. The normalized spacial score (nSPS) is 18.5. The lowest BCUT2D eigenvalue weighted by Crippen LogP contribution is -2.33. The predicted octanol–water partition coefficient (Wildman–Crippen LogP) is 4.92. The van der Waals surface area contributed by atoms with Gasteiger partial charge in [-0.3, -0.25) is 0 Å². The monoisotopic (exact) mass is 289 g/mol. The van der Waals surface area contributed by atoms with Crippen LogP contribution in [0.2, 0.25) is 0 Å². The molecule has 118 valence electrons. The molecule has 0 heterocycles. The molecule has 1 aromatic rings. The van der Waals surface area contributed by atoms with Crippen molar-refractivity contribution in [3.05, 3.63) is 29.8 Å². The van der Waals surface area contributed by atoms with Crippen molar-refractivity contribution in [3.63, 3.8) is 0 Å². The third kappa shape index (κ3) is 5.35. The van der Waals surface area contributed by atoms with Gasteiger partial charge in [0, 0.05) is 18.2 Å². The Balaban J connectivity index is 1.89. The summed E-state index contributed by atoms with van der Waals surface area (Å²) in [5, 5.41) is 3.73. The minimum absolute atomic E-state index is 0.227. The first-order valence-corrected chi connectivity index (χ1v) is 8.64. The first-order chi connectivity index (χ1) is 10.2. The van der Waals surface area contributed by atoms with E-state index in [-0.39, 0.29) is 6.10 Å². The number of hydrogen-bond donors (Lipinski definition) is 1. The summed E-state index contributed by atoms with van der Waals surface area (Å²) >= 11 is 0. The van der Waals surface area contributed by atoms with Gasteiger partial charge in [-0.15, -0.1) is 0 Å². The van der Waals surface area contributed by atoms with E-state index in [0.717, 1.165) is 18.2 Å². The van der Waals surface area contributed by atoms with E-state index in [2.05, 4.69) is 50.4 Å². The molecule has 1 N–H and O–H groups in total. The van der Waals surface area contributed by atoms with Gasteiger partial charge in [-0.2, -0.15) is 0 Å². The topological polar surface area (TPSA) is 21.3 Å². The van der Waals surface area contributed by atoms with Crippen molar-refractivity contribution in [2.75, 3.05) is 0 Å². The summed E-state index contributed by atoms with van der Waals surface area (Å²) in [5.74, 6) is 1.86. The second-order valence-corrected chi connectivity index (χ2v) is 6.70. The van der Waals surface area contributed by atoms with Gasteiger partial charge < -0.3 is 10.1 Å². The fourth-order valence-corrected chi connectivity index (χ4v) is 3.27. The van der Waals surface area contributed by atoms with Crippen LogP contribution in [0.1, 0.15) is 64.9 Å². The molecule has 1 aliphatic carbocycles. The molecule has 0 amide bonds. The Morgan fingerprint density at radius 2 is 1.71 bits per heavy atom. The Kier molecular flexibility index (Phi) is 6.56. The van der Waals surface area contributed by atoms with E-state index in [1.807, 2.05) is 0 Å². The number of ether oxygens (including phenoxy) is 1. The molecule has 2 heteroatoms. The molecule has 0 bridgehead atoms. The molecular weight excluding hydrogens is 258 g/mol. The summed E-state index contributed by atoms with van der Waals surface area (Å²) in [6.07, 6.45) is 8.66. The molecule has 2 nitrogen and oxygen atoms in total. The fourth-order valence-electron chi connectivity index (χ4n) is 3.27. The zero-order chi connectivity index (χ0) is 15.1. The van der Waals surface area contributed by atoms with Crippen molar-refractivity contribution in [2.24, 2.45) is 5.92 Å². The minimum atomic E-state index is 0.227. The molecule has 1 fully saturated rings. The standard InChI is InChI=1S/C19H31NO/c1-15(2)21-19-13-9-8-12-18(19)14-20-16(3)17-10-6-4-5-7-11-17/h8-9,12-13,15-17,20H,4-7,10-11,14H2,1-3H3/t16-/m1/s1. The molecule has 0 unspecified atom stereocenters. The maximum atomic E-state index is 5.90. The zero-order valence-corrected chi connectivity index (χ0v) is 13.9. The van der Waals surface area contributed by atoms with Crippen molar-refractivity contribution in [2.45, 2.75) is 78.0 Å². The Bertz CT molecular complexity index is 408. The second kappa shape index (κ2) is 8.43. The van der Waals surface area contributed by atoms with Gasteiger partial charge in [-0.25, -0.2) is 0 Å². The highest BCUT2D eigenvalue weighted by Gasteiger charge is 2.18. The predicted molar refractivity (Wildman–Crippen MR) is 89.7 cm³/mol. The van der Waals surface area contributed by atoms with Crippen molar-refractivity contribution in [1.29, 1.82) is 0 Å². The first kappa shape index (κ1) is 16.4. The quantitative estimate of drug-likeness (QED) is 0.750. The van der Waals surface area contributed by atoms with Crippen LogP contribution in [0, 0.1) is 5.92 Å². The maximum Gasteiger partial charge on any atom is 0.124 e. The Morgan fingerprint density at radius 1 is 1.05 bits per heavy atom. The van der Waals surface area contributed by atoms with Crippen molar-refractivity contribution >= 4 is 0 Å². The van der Waals surface area contributed by atoms with E-state index in [4.69, 9.17) is 4.74 Å². The van der Waals surface area contributed by atoms with Gasteiger partial charge in [-0.1, -0.05) is 43.9 Å². The van der Waals surface area contributed by atoms with E-state index < -0.39 is 0 Å². The van der Waals surface area contributed by atoms with E-state index >= 15 is 0 Å². The lowest BCUT2D eigenvalue weighted by Gasteiger charge is -2.24. The van der Waals surface area contributed by atoms with Crippen LogP contribution in [0.3, 0.4) is 0 Å². The summed E-state index contributed by atoms with van der Waals surface area (Å²) < 4.78 is 5.90. The lowest BCUT2D eigenvalue weighted by atomic mass is 9.93. The molecule has 2 rings (SSSR count). The van der Waals surface area contributed by atoms with Crippen LogP contribution in [0.25, 0.3) is 0 Å². The molecule has 1 atom stereocenters. The van der Waals surface area contributed by atoms with Crippen LogP contribution in [-0.4, -0.2) is 12.1 Å². The largest absolute Gasteiger partial charge is 0.491 e. The molecule has 1 saturated carbocycles. The zero-order valence-electron chi connectivity index (χ0n) is 13.9. The third-order valence-electron chi connectivity index (χ3n) is 4.56. The van der Waals surface area contributed by atoms with Crippen LogP contribution < -0.4 is 10.1 Å². The number of benzene rings is 1. The molecule has 21 heavy (non-hydrogen) atoms. The Hall–Kier alpha value is -1.02. The maximum absolute atomic E-state index is 5.90. The Labute approximate surface area is 130 Å². The van der Waals surface area contributed by atoms with Gasteiger partial charge in [0.15, 0.2) is 0 Å². The van der Waals surface area contributed by atoms with Crippen LogP contribution in [-0.2, 0) is 6.54 Å². The van der Waals surface area contributed by atoms with Gasteiger partial charge in [0.25, 0.3) is 0 Å². The Morgan fingerprint density at radius 3 is 2.38 bits per heavy atom. The molecule has 0 aliphatic heterocycles. The summed E-state index contributed by atoms with van der Waals surface area (Å²) in [6, 6.07) is 8.99. The molecule has 0 aromatic heterocycles. The molecule has 0 radical (unpaired) electrons. The van der Waals surface area contributed by atoms with Gasteiger partial charge in [-0.05, 0) is 45.6 Å². The molecular formula is C19H31NO. The number of nitrogens with one attached hydrogen (secondary N) is 1. The molecule has 1 aromatic carbocycles. The number of hydrogen-bond acceptors (Lipinski definition) is 2. The summed E-state index contributed by atoms with van der Waals surface area (Å²) in [5.41, 5.74) is 1.27. The average Bonchev–Trinajstić information content (AvgIpc) is 2.74. The van der Waals surface area contributed by atoms with Crippen molar-refractivity contribution < 1.29 is 4.74 Å². The SMILES string of the molecule is CC(C)Oc1ccccc1CN[C@H](C)C1CCCCCC1. The highest BCUT2D eigenvalue weighted by Crippen LogP contribution is 2.26. The van der Waals surface area contributed by atoms with Crippen LogP contribution in [0.5, 0.6) is 5.75 Å². The molecule has 1 aliphatic rings. The lowest BCUT2D eigenvalue weighted by molar-refractivity contribution is 0.238. The minimum Gasteiger partial charge on any atom is -0.491 e. The molecule has 0 spiro atoms. The average molecular weight is 289 g/mol. The van der Waals surface area contributed by atoms with Crippen LogP contribution in [0.4, 0.5) is 0 Å². The van der Waals surface area contributed by atoms with Gasteiger partial charge >= 0.3 is 0 Å². The van der Waals surface area contributed by atoms with Gasteiger partial charge in [0.1, 0.15) is 5.75 Å².